The van der Waals surface area contributed by atoms with Crippen molar-refractivity contribution in [2.45, 2.75) is 20.1 Å². The van der Waals surface area contributed by atoms with Crippen LogP contribution in [0.15, 0.2) is 34.8 Å². The minimum Gasteiger partial charge on any atom is -0.488 e. The normalized spacial score (nSPS) is 10.2. The highest BCUT2D eigenvalue weighted by Crippen LogP contribution is 2.28. The van der Waals surface area contributed by atoms with Crippen LogP contribution in [0.25, 0.3) is 0 Å². The van der Waals surface area contributed by atoms with Gasteiger partial charge in [0.25, 0.3) is 0 Å². The van der Waals surface area contributed by atoms with E-state index in [-0.39, 0.29) is 12.2 Å². The van der Waals surface area contributed by atoms with E-state index in [9.17, 15) is 4.39 Å². The number of hydrogen-bond acceptors (Lipinski definition) is 3. The van der Waals surface area contributed by atoms with E-state index in [2.05, 4.69) is 15.9 Å². The molecule has 3 nitrogen and oxygen atoms in total. The van der Waals surface area contributed by atoms with Crippen molar-refractivity contribution in [2.24, 2.45) is 5.73 Å². The van der Waals surface area contributed by atoms with E-state index in [0.29, 0.717) is 6.54 Å². The van der Waals surface area contributed by atoms with Crippen LogP contribution in [0.3, 0.4) is 0 Å². The van der Waals surface area contributed by atoms with Crippen molar-refractivity contribution in [3.05, 3.63) is 62.9 Å². The van der Waals surface area contributed by atoms with Crippen LogP contribution < -0.4 is 10.5 Å². The lowest BCUT2D eigenvalue weighted by Gasteiger charge is -2.14. The molecule has 0 bridgehead atoms. The topological polar surface area (TPSA) is 59.0 Å². The van der Waals surface area contributed by atoms with Crippen LogP contribution in [0, 0.1) is 24.1 Å². The number of halogens is 2. The standard InChI is InChI=1S/C16H14BrFN2O/c1-10-4-14(17)6-13(8-20)16(10)21-9-11-2-3-15(18)12(5-11)7-19/h2-6H,8-9,20H2,1H3. The van der Waals surface area contributed by atoms with E-state index in [1.165, 1.54) is 12.1 Å². The predicted molar refractivity (Wildman–Crippen MR) is 82.2 cm³/mol. The molecule has 0 spiro atoms. The molecule has 0 aliphatic rings. The average molecular weight is 349 g/mol. The van der Waals surface area contributed by atoms with Crippen LogP contribution in [0.4, 0.5) is 4.39 Å². The first-order chi connectivity index (χ1) is 10.0. The van der Waals surface area contributed by atoms with Gasteiger partial charge < -0.3 is 10.5 Å². The molecule has 0 aliphatic heterocycles. The number of hydrogen-bond donors (Lipinski definition) is 1. The zero-order valence-corrected chi connectivity index (χ0v) is 13.1. The number of ether oxygens (including phenoxy) is 1. The Morgan fingerprint density at radius 1 is 1.33 bits per heavy atom. The molecule has 0 radical (unpaired) electrons. The van der Waals surface area contributed by atoms with Gasteiger partial charge in [-0.3, -0.25) is 0 Å². The summed E-state index contributed by atoms with van der Waals surface area (Å²) < 4.78 is 20.0. The Hall–Kier alpha value is -1.90. The van der Waals surface area contributed by atoms with Crippen LogP contribution in [-0.4, -0.2) is 0 Å². The highest BCUT2D eigenvalue weighted by molar-refractivity contribution is 9.10. The number of nitriles is 1. The smallest absolute Gasteiger partial charge is 0.140 e. The zero-order chi connectivity index (χ0) is 15.4. The lowest BCUT2D eigenvalue weighted by Crippen LogP contribution is -2.05. The average Bonchev–Trinajstić information content (AvgIpc) is 2.47. The molecule has 2 rings (SSSR count). The van der Waals surface area contributed by atoms with Gasteiger partial charge in [-0.05, 0) is 42.3 Å². The van der Waals surface area contributed by atoms with Crippen molar-refractivity contribution in [1.82, 2.24) is 0 Å². The number of rotatable bonds is 4. The molecule has 0 saturated carbocycles. The lowest BCUT2D eigenvalue weighted by molar-refractivity contribution is 0.300. The summed E-state index contributed by atoms with van der Waals surface area (Å²) in [5.74, 6) is 0.201. The van der Waals surface area contributed by atoms with E-state index in [1.54, 1.807) is 6.07 Å². The van der Waals surface area contributed by atoms with Crippen molar-refractivity contribution in [1.29, 1.82) is 5.26 Å². The van der Waals surface area contributed by atoms with Crippen LogP contribution in [0.2, 0.25) is 0 Å². The fraction of sp³-hybridized carbons (Fsp3) is 0.188. The molecule has 0 fully saturated rings. The lowest BCUT2D eigenvalue weighted by atomic mass is 10.1. The van der Waals surface area contributed by atoms with Gasteiger partial charge in [0.2, 0.25) is 0 Å². The summed E-state index contributed by atoms with van der Waals surface area (Å²) in [6.07, 6.45) is 0. The van der Waals surface area contributed by atoms with Crippen molar-refractivity contribution in [2.75, 3.05) is 0 Å². The van der Waals surface area contributed by atoms with Crippen molar-refractivity contribution in [3.8, 4) is 11.8 Å². The first kappa shape index (κ1) is 15.5. The van der Waals surface area contributed by atoms with Gasteiger partial charge in [0.15, 0.2) is 0 Å². The highest BCUT2D eigenvalue weighted by Gasteiger charge is 2.09. The molecular weight excluding hydrogens is 335 g/mol. The molecule has 2 N–H and O–H groups in total. The van der Waals surface area contributed by atoms with Gasteiger partial charge in [0.1, 0.15) is 24.2 Å². The number of benzene rings is 2. The minimum absolute atomic E-state index is 0.0164. The SMILES string of the molecule is Cc1cc(Br)cc(CN)c1OCc1ccc(F)c(C#N)c1. The maximum atomic E-state index is 13.3. The van der Waals surface area contributed by atoms with Crippen molar-refractivity contribution in [3.63, 3.8) is 0 Å². The molecule has 108 valence electrons. The van der Waals surface area contributed by atoms with E-state index in [4.69, 9.17) is 15.7 Å². The molecule has 0 amide bonds. The van der Waals surface area contributed by atoms with Gasteiger partial charge in [0, 0.05) is 16.6 Å². The fourth-order valence-corrected chi connectivity index (χ4v) is 2.68. The molecule has 0 atom stereocenters. The Kier molecular flexibility index (Phi) is 4.94. The minimum atomic E-state index is -0.524. The number of nitrogens with two attached hydrogens (primary N) is 1. The monoisotopic (exact) mass is 348 g/mol. The summed E-state index contributed by atoms with van der Waals surface area (Å²) in [7, 11) is 0. The first-order valence-corrected chi connectivity index (χ1v) is 7.15. The van der Waals surface area contributed by atoms with E-state index in [1.807, 2.05) is 25.1 Å². The van der Waals surface area contributed by atoms with Gasteiger partial charge in [-0.15, -0.1) is 0 Å². The molecule has 0 saturated heterocycles. The predicted octanol–water partition coefficient (Wildman–Crippen LogP) is 3.81. The van der Waals surface area contributed by atoms with Crippen LogP contribution in [0.1, 0.15) is 22.3 Å². The van der Waals surface area contributed by atoms with Crippen molar-refractivity contribution < 1.29 is 9.13 Å². The summed E-state index contributed by atoms with van der Waals surface area (Å²) in [4.78, 5) is 0. The third-order valence-electron chi connectivity index (χ3n) is 3.07. The van der Waals surface area contributed by atoms with Gasteiger partial charge in [-0.1, -0.05) is 22.0 Å². The quantitative estimate of drug-likeness (QED) is 0.913. The highest BCUT2D eigenvalue weighted by atomic mass is 79.9. The molecule has 5 heteroatoms. The fourth-order valence-electron chi connectivity index (χ4n) is 2.06. The maximum Gasteiger partial charge on any atom is 0.140 e. The summed E-state index contributed by atoms with van der Waals surface area (Å²) in [6, 6.07) is 10.0. The number of nitrogens with zero attached hydrogens (tertiary/aromatic N) is 1. The van der Waals surface area contributed by atoms with Crippen LogP contribution in [0.5, 0.6) is 5.75 Å². The second kappa shape index (κ2) is 6.70. The van der Waals surface area contributed by atoms with Gasteiger partial charge in [-0.25, -0.2) is 4.39 Å². The third-order valence-corrected chi connectivity index (χ3v) is 3.53. The molecule has 21 heavy (non-hydrogen) atoms. The Bertz CT molecular complexity index is 710. The van der Waals surface area contributed by atoms with E-state index < -0.39 is 5.82 Å². The van der Waals surface area contributed by atoms with Crippen LogP contribution >= 0.6 is 15.9 Å². The molecule has 0 heterocycles. The first-order valence-electron chi connectivity index (χ1n) is 6.35. The third kappa shape index (κ3) is 3.60. The Morgan fingerprint density at radius 3 is 2.76 bits per heavy atom. The molecule has 0 aromatic heterocycles. The molecule has 2 aromatic rings. The molecule has 2 aromatic carbocycles. The van der Waals surface area contributed by atoms with Crippen molar-refractivity contribution >= 4 is 15.9 Å². The molecule has 0 unspecified atom stereocenters. The Labute approximate surface area is 131 Å². The maximum absolute atomic E-state index is 13.3. The Balaban J connectivity index is 2.23. The van der Waals surface area contributed by atoms with E-state index >= 15 is 0 Å². The van der Waals surface area contributed by atoms with Gasteiger partial charge >= 0.3 is 0 Å². The van der Waals surface area contributed by atoms with Gasteiger partial charge in [0.05, 0.1) is 5.56 Å². The second-order valence-corrected chi connectivity index (χ2v) is 5.55. The van der Waals surface area contributed by atoms with Gasteiger partial charge in [-0.2, -0.15) is 5.26 Å². The molecular formula is C16H14BrFN2O. The van der Waals surface area contributed by atoms with Crippen LogP contribution in [-0.2, 0) is 13.2 Å². The second-order valence-electron chi connectivity index (χ2n) is 4.63. The summed E-state index contributed by atoms with van der Waals surface area (Å²) >= 11 is 3.42. The largest absolute Gasteiger partial charge is 0.488 e. The Morgan fingerprint density at radius 2 is 2.10 bits per heavy atom. The summed E-state index contributed by atoms with van der Waals surface area (Å²) in [5.41, 5.74) is 8.34. The summed E-state index contributed by atoms with van der Waals surface area (Å²) in [6.45, 7) is 2.55. The van der Waals surface area contributed by atoms with E-state index in [0.717, 1.165) is 26.9 Å². The number of aryl methyl sites for hydroxylation is 1. The zero-order valence-electron chi connectivity index (χ0n) is 11.5. The molecule has 0 aliphatic carbocycles. The summed E-state index contributed by atoms with van der Waals surface area (Å²) in [5, 5.41) is 8.83.